The van der Waals surface area contributed by atoms with Gasteiger partial charge in [-0.1, -0.05) is 70.4 Å². The number of carbonyl (C=O) groups is 1. The van der Waals surface area contributed by atoms with Crippen LogP contribution in [-0.2, 0) is 19.0 Å². The van der Waals surface area contributed by atoms with E-state index in [0.29, 0.717) is 19.6 Å². The Balaban J connectivity index is 1.81. The number of unbranched alkanes of at least 4 members (excludes halogenated alkanes) is 11. The van der Waals surface area contributed by atoms with Gasteiger partial charge in [0.15, 0.2) is 5.79 Å². The predicted octanol–water partition coefficient (Wildman–Crippen LogP) is 6.72. The number of ether oxygens (including phenoxy) is 3. The highest BCUT2D eigenvalue weighted by Crippen LogP contribution is 2.22. The van der Waals surface area contributed by atoms with Gasteiger partial charge in [-0.05, 0) is 46.0 Å². The first kappa shape index (κ1) is 25.2. The molecule has 28 heavy (non-hydrogen) atoms. The first-order valence-corrected chi connectivity index (χ1v) is 11.7. The molecule has 1 atom stereocenters. The summed E-state index contributed by atoms with van der Waals surface area (Å²) in [6.07, 6.45) is 21.5. The Morgan fingerprint density at radius 1 is 0.929 bits per heavy atom. The molecule has 164 valence electrons. The topological polar surface area (TPSA) is 44.8 Å². The Kier molecular flexibility index (Phi) is 14.4. The van der Waals surface area contributed by atoms with Crippen LogP contribution in [0.3, 0.4) is 0 Å². The summed E-state index contributed by atoms with van der Waals surface area (Å²) >= 11 is 0. The summed E-state index contributed by atoms with van der Waals surface area (Å²) in [6, 6.07) is 0. The fourth-order valence-electron chi connectivity index (χ4n) is 3.44. The summed E-state index contributed by atoms with van der Waals surface area (Å²) in [6.45, 7) is 6.81. The van der Waals surface area contributed by atoms with E-state index >= 15 is 0 Å². The third-order valence-electron chi connectivity index (χ3n) is 5.14. The van der Waals surface area contributed by atoms with Crippen molar-refractivity contribution in [1.82, 2.24) is 0 Å². The SMILES string of the molecule is CCCCCCCC/C=C/CCCCCCCC(=O)OC[C@@H]1COC(C)(C)O1. The Morgan fingerprint density at radius 3 is 2.07 bits per heavy atom. The molecule has 0 aromatic rings. The average Bonchev–Trinajstić information content (AvgIpc) is 3.02. The predicted molar refractivity (Wildman–Crippen MR) is 115 cm³/mol. The molecule has 0 saturated carbocycles. The second kappa shape index (κ2) is 16.0. The van der Waals surface area contributed by atoms with E-state index in [2.05, 4.69) is 19.1 Å². The van der Waals surface area contributed by atoms with Crippen molar-refractivity contribution in [3.63, 3.8) is 0 Å². The normalized spacial score (nSPS) is 18.8. The lowest BCUT2D eigenvalue weighted by molar-refractivity contribution is -0.158. The Labute approximate surface area is 173 Å². The van der Waals surface area contributed by atoms with E-state index in [-0.39, 0.29) is 12.1 Å². The fourth-order valence-corrected chi connectivity index (χ4v) is 3.44. The molecule has 0 aromatic heterocycles. The van der Waals surface area contributed by atoms with Crippen LogP contribution in [0.4, 0.5) is 0 Å². The number of carbonyl (C=O) groups excluding carboxylic acids is 1. The van der Waals surface area contributed by atoms with Crippen LogP contribution < -0.4 is 0 Å². The van der Waals surface area contributed by atoms with E-state index in [1.165, 1.54) is 70.6 Å². The smallest absolute Gasteiger partial charge is 0.305 e. The maximum atomic E-state index is 11.8. The molecule has 0 unspecified atom stereocenters. The van der Waals surface area contributed by atoms with E-state index in [1.807, 2.05) is 13.8 Å². The van der Waals surface area contributed by atoms with E-state index in [0.717, 1.165) is 12.8 Å². The molecule has 4 nitrogen and oxygen atoms in total. The summed E-state index contributed by atoms with van der Waals surface area (Å²) in [5.41, 5.74) is 0. The van der Waals surface area contributed by atoms with Gasteiger partial charge in [-0.2, -0.15) is 0 Å². The number of hydrogen-bond donors (Lipinski definition) is 0. The first-order valence-electron chi connectivity index (χ1n) is 11.7. The van der Waals surface area contributed by atoms with Crippen molar-refractivity contribution in [2.24, 2.45) is 0 Å². The summed E-state index contributed by atoms with van der Waals surface area (Å²) in [7, 11) is 0. The largest absolute Gasteiger partial charge is 0.463 e. The van der Waals surface area contributed by atoms with Crippen molar-refractivity contribution in [1.29, 1.82) is 0 Å². The third-order valence-corrected chi connectivity index (χ3v) is 5.14. The van der Waals surface area contributed by atoms with Gasteiger partial charge in [0.2, 0.25) is 0 Å². The van der Waals surface area contributed by atoms with Gasteiger partial charge in [-0.3, -0.25) is 4.79 Å². The zero-order chi connectivity index (χ0) is 20.5. The Hall–Kier alpha value is -0.870. The first-order chi connectivity index (χ1) is 13.5. The molecule has 1 aliphatic heterocycles. The Bertz CT molecular complexity index is 417. The van der Waals surface area contributed by atoms with Crippen molar-refractivity contribution < 1.29 is 19.0 Å². The molecule has 1 fully saturated rings. The monoisotopic (exact) mass is 396 g/mol. The molecule has 0 N–H and O–H groups in total. The van der Waals surface area contributed by atoms with E-state index in [1.54, 1.807) is 0 Å². The fraction of sp³-hybridized carbons (Fsp3) is 0.875. The molecule has 0 spiro atoms. The molecule has 1 saturated heterocycles. The Morgan fingerprint density at radius 2 is 1.50 bits per heavy atom. The van der Waals surface area contributed by atoms with Crippen molar-refractivity contribution in [3.8, 4) is 0 Å². The van der Waals surface area contributed by atoms with Crippen molar-refractivity contribution in [2.75, 3.05) is 13.2 Å². The highest BCUT2D eigenvalue weighted by atomic mass is 16.7. The molecular formula is C24H44O4. The zero-order valence-corrected chi connectivity index (χ0v) is 18.7. The van der Waals surface area contributed by atoms with Crippen molar-refractivity contribution >= 4 is 5.97 Å². The van der Waals surface area contributed by atoms with Gasteiger partial charge in [0.25, 0.3) is 0 Å². The van der Waals surface area contributed by atoms with Gasteiger partial charge < -0.3 is 14.2 Å². The quantitative estimate of drug-likeness (QED) is 0.155. The highest BCUT2D eigenvalue weighted by Gasteiger charge is 2.33. The van der Waals surface area contributed by atoms with E-state index in [4.69, 9.17) is 14.2 Å². The minimum atomic E-state index is -0.555. The summed E-state index contributed by atoms with van der Waals surface area (Å²) < 4.78 is 16.4. The van der Waals surface area contributed by atoms with Crippen LogP contribution in [0.25, 0.3) is 0 Å². The molecule has 0 bridgehead atoms. The van der Waals surface area contributed by atoms with Gasteiger partial charge in [-0.25, -0.2) is 0 Å². The maximum Gasteiger partial charge on any atom is 0.305 e. The second-order valence-corrected chi connectivity index (χ2v) is 8.47. The summed E-state index contributed by atoms with van der Waals surface area (Å²) in [5, 5.41) is 0. The van der Waals surface area contributed by atoms with Gasteiger partial charge >= 0.3 is 5.97 Å². The second-order valence-electron chi connectivity index (χ2n) is 8.47. The zero-order valence-electron chi connectivity index (χ0n) is 18.7. The number of rotatable bonds is 17. The van der Waals surface area contributed by atoms with Crippen LogP contribution in [0.1, 0.15) is 111 Å². The lowest BCUT2D eigenvalue weighted by Gasteiger charge is -2.16. The molecule has 1 heterocycles. The third kappa shape index (κ3) is 14.2. The van der Waals surface area contributed by atoms with Crippen LogP contribution >= 0.6 is 0 Å². The molecule has 1 aliphatic rings. The minimum Gasteiger partial charge on any atom is -0.463 e. The highest BCUT2D eigenvalue weighted by molar-refractivity contribution is 5.69. The van der Waals surface area contributed by atoms with Crippen LogP contribution in [0.15, 0.2) is 12.2 Å². The molecule has 1 rings (SSSR count). The summed E-state index contributed by atoms with van der Waals surface area (Å²) in [4.78, 5) is 11.8. The molecule has 0 aliphatic carbocycles. The lowest BCUT2D eigenvalue weighted by Crippen LogP contribution is -2.25. The molecule has 0 aromatic carbocycles. The molecule has 0 radical (unpaired) electrons. The van der Waals surface area contributed by atoms with Crippen LogP contribution in [-0.4, -0.2) is 31.1 Å². The van der Waals surface area contributed by atoms with Gasteiger partial charge in [-0.15, -0.1) is 0 Å². The van der Waals surface area contributed by atoms with E-state index in [9.17, 15) is 4.79 Å². The number of allylic oxidation sites excluding steroid dienone is 2. The number of esters is 1. The minimum absolute atomic E-state index is 0.120. The van der Waals surface area contributed by atoms with Crippen LogP contribution in [0.5, 0.6) is 0 Å². The average molecular weight is 397 g/mol. The van der Waals surface area contributed by atoms with Crippen LogP contribution in [0.2, 0.25) is 0 Å². The molecule has 4 heteroatoms. The van der Waals surface area contributed by atoms with Gasteiger partial charge in [0.1, 0.15) is 12.7 Å². The van der Waals surface area contributed by atoms with Crippen LogP contribution in [0, 0.1) is 0 Å². The molecule has 0 amide bonds. The van der Waals surface area contributed by atoms with Crippen molar-refractivity contribution in [3.05, 3.63) is 12.2 Å². The lowest BCUT2D eigenvalue weighted by atomic mass is 10.1. The van der Waals surface area contributed by atoms with Crippen molar-refractivity contribution in [2.45, 2.75) is 123 Å². The maximum absolute atomic E-state index is 11.8. The van der Waals surface area contributed by atoms with E-state index < -0.39 is 5.79 Å². The standard InChI is InChI=1S/C24H44O4/c1-4-5-6-7-8-9-10-11-12-13-14-15-16-17-18-19-23(25)26-20-22-21-27-24(2,3)28-22/h11-12,22H,4-10,13-21H2,1-3H3/b12-11+/t22-/m1/s1. The van der Waals surface area contributed by atoms with Gasteiger partial charge in [0, 0.05) is 6.42 Å². The molecular weight excluding hydrogens is 352 g/mol. The van der Waals surface area contributed by atoms with Gasteiger partial charge in [0.05, 0.1) is 6.61 Å². The summed E-state index contributed by atoms with van der Waals surface area (Å²) in [5.74, 6) is -0.675. The number of hydrogen-bond acceptors (Lipinski definition) is 4.